The van der Waals surface area contributed by atoms with Crippen molar-refractivity contribution in [1.82, 2.24) is 24.6 Å². The van der Waals surface area contributed by atoms with Gasteiger partial charge in [0.05, 0.1) is 18.4 Å². The van der Waals surface area contributed by atoms with Crippen molar-refractivity contribution in [2.24, 2.45) is 7.05 Å². The standard InChI is InChI=1S/C20H18N6O2.CH2O2/c1-25-12-13(10-23-25)17-20(14-4-2-3-5-15(14)24-19(20)28)6-9-26(17)18(27)16-11-21-7-8-22-16;2-1-3/h2-5,7-8,10-12,17H,6,9H2,1H3,(H,24,28);1H,(H,2,3)/t17-,20+;/m0./s1. The van der Waals surface area contributed by atoms with E-state index in [1.807, 2.05) is 37.5 Å². The summed E-state index contributed by atoms with van der Waals surface area (Å²) < 4.78 is 1.69. The lowest BCUT2D eigenvalue weighted by molar-refractivity contribution is -0.123. The molecule has 2 aromatic heterocycles. The first-order valence-electron chi connectivity index (χ1n) is 9.57. The maximum atomic E-state index is 13.3. The first-order valence-corrected chi connectivity index (χ1v) is 9.57. The number of hydrogen-bond acceptors (Lipinski definition) is 6. The SMILES string of the molecule is Cn1cc([C@@H]2N(C(=O)c3cnccn3)CC[C@]23C(=O)Nc2ccccc23)cn1.O=CO. The number of nitrogens with zero attached hydrogens (tertiary/aromatic N) is 5. The minimum Gasteiger partial charge on any atom is -0.483 e. The Morgan fingerprint density at radius 2 is 2.06 bits per heavy atom. The van der Waals surface area contributed by atoms with Gasteiger partial charge in [-0.05, 0) is 18.1 Å². The molecule has 2 aliphatic heterocycles. The smallest absolute Gasteiger partial charge is 0.290 e. The number of carbonyl (C=O) groups is 3. The van der Waals surface area contributed by atoms with Gasteiger partial charge < -0.3 is 15.3 Å². The van der Waals surface area contributed by atoms with Crippen LogP contribution in [0.3, 0.4) is 0 Å². The Hall–Kier alpha value is -4.08. The highest BCUT2D eigenvalue weighted by Gasteiger charge is 2.59. The van der Waals surface area contributed by atoms with Gasteiger partial charge in [0.2, 0.25) is 5.91 Å². The Morgan fingerprint density at radius 1 is 1.29 bits per heavy atom. The van der Waals surface area contributed by atoms with E-state index < -0.39 is 11.5 Å². The summed E-state index contributed by atoms with van der Waals surface area (Å²) in [4.78, 5) is 44.8. The Morgan fingerprint density at radius 3 is 2.74 bits per heavy atom. The molecule has 1 aromatic carbocycles. The largest absolute Gasteiger partial charge is 0.483 e. The number of hydrogen-bond donors (Lipinski definition) is 2. The van der Waals surface area contributed by atoms with Crippen LogP contribution in [0, 0.1) is 0 Å². The average Bonchev–Trinajstić information content (AvgIpc) is 3.46. The van der Waals surface area contributed by atoms with Gasteiger partial charge in [-0.15, -0.1) is 0 Å². The van der Waals surface area contributed by atoms with Crippen molar-refractivity contribution in [2.45, 2.75) is 17.9 Å². The maximum absolute atomic E-state index is 13.3. The summed E-state index contributed by atoms with van der Waals surface area (Å²) in [6.07, 6.45) is 8.60. The van der Waals surface area contributed by atoms with E-state index in [2.05, 4.69) is 20.4 Å². The molecular weight excluding hydrogens is 400 g/mol. The summed E-state index contributed by atoms with van der Waals surface area (Å²) in [7, 11) is 1.82. The van der Waals surface area contributed by atoms with E-state index >= 15 is 0 Å². The van der Waals surface area contributed by atoms with E-state index in [9.17, 15) is 9.59 Å². The molecule has 158 valence electrons. The molecule has 0 aliphatic carbocycles. The van der Waals surface area contributed by atoms with Crippen LogP contribution in [0.15, 0.2) is 55.2 Å². The van der Waals surface area contributed by atoms with Crippen molar-refractivity contribution in [3.8, 4) is 0 Å². The van der Waals surface area contributed by atoms with Crippen molar-refractivity contribution < 1.29 is 19.5 Å². The highest BCUT2D eigenvalue weighted by molar-refractivity contribution is 6.08. The fraction of sp³-hybridized carbons (Fsp3) is 0.238. The molecule has 31 heavy (non-hydrogen) atoms. The first-order chi connectivity index (χ1) is 15.0. The molecule has 0 radical (unpaired) electrons. The van der Waals surface area contributed by atoms with Crippen molar-refractivity contribution in [3.63, 3.8) is 0 Å². The van der Waals surface area contributed by atoms with Crippen molar-refractivity contribution in [1.29, 1.82) is 0 Å². The number of anilines is 1. The van der Waals surface area contributed by atoms with Crippen LogP contribution in [0.2, 0.25) is 0 Å². The number of nitrogens with one attached hydrogen (secondary N) is 1. The predicted molar refractivity (Wildman–Crippen MR) is 109 cm³/mol. The van der Waals surface area contributed by atoms with Gasteiger partial charge in [-0.3, -0.25) is 24.0 Å². The van der Waals surface area contributed by atoms with E-state index in [-0.39, 0.29) is 24.0 Å². The summed E-state index contributed by atoms with van der Waals surface area (Å²) in [6.45, 7) is 0.191. The predicted octanol–water partition coefficient (Wildman–Crippen LogP) is 1.39. The summed E-state index contributed by atoms with van der Waals surface area (Å²) in [6, 6.07) is 7.21. The number of carbonyl (C=O) groups excluding carboxylic acids is 2. The quantitative estimate of drug-likeness (QED) is 0.599. The van der Waals surface area contributed by atoms with Crippen LogP contribution in [0.25, 0.3) is 0 Å². The number of rotatable bonds is 2. The van der Waals surface area contributed by atoms with Gasteiger partial charge in [0.1, 0.15) is 11.1 Å². The Kier molecular flexibility index (Phi) is 5.20. The Bertz CT molecular complexity index is 1130. The zero-order chi connectivity index (χ0) is 22.0. The molecule has 0 bridgehead atoms. The molecule has 1 spiro atoms. The van der Waals surface area contributed by atoms with Crippen molar-refractivity contribution >= 4 is 24.0 Å². The normalized spacial score (nSPS) is 21.3. The second kappa shape index (κ2) is 7.98. The third-order valence-electron chi connectivity index (χ3n) is 5.67. The van der Waals surface area contributed by atoms with E-state index in [1.165, 1.54) is 18.6 Å². The van der Waals surface area contributed by atoms with Crippen molar-refractivity contribution in [3.05, 3.63) is 72.1 Å². The highest BCUT2D eigenvalue weighted by atomic mass is 16.3. The zero-order valence-electron chi connectivity index (χ0n) is 16.7. The number of aryl methyl sites for hydroxylation is 1. The molecule has 2 aliphatic rings. The molecule has 3 aromatic rings. The van der Waals surface area contributed by atoms with Gasteiger partial charge in [0, 0.05) is 43.4 Å². The number of amides is 2. The molecule has 2 N–H and O–H groups in total. The highest BCUT2D eigenvalue weighted by Crippen LogP contribution is 2.54. The van der Waals surface area contributed by atoms with Crippen LogP contribution in [0.4, 0.5) is 5.69 Å². The summed E-state index contributed by atoms with van der Waals surface area (Å²) >= 11 is 0. The van der Waals surface area contributed by atoms with Gasteiger partial charge in [0.25, 0.3) is 12.4 Å². The second-order valence-corrected chi connectivity index (χ2v) is 7.27. The summed E-state index contributed by atoms with van der Waals surface area (Å²) in [5.41, 5.74) is 1.96. The van der Waals surface area contributed by atoms with Crippen LogP contribution in [-0.4, -0.2) is 54.6 Å². The Labute approximate surface area is 177 Å². The fourth-order valence-electron chi connectivity index (χ4n) is 4.51. The second-order valence-electron chi connectivity index (χ2n) is 7.27. The van der Waals surface area contributed by atoms with Gasteiger partial charge >= 0.3 is 0 Å². The molecule has 1 fully saturated rings. The monoisotopic (exact) mass is 420 g/mol. The molecule has 5 rings (SSSR count). The molecular formula is C21H20N6O4. The van der Waals surface area contributed by atoms with Crippen LogP contribution in [0.1, 0.15) is 34.1 Å². The topological polar surface area (TPSA) is 130 Å². The van der Waals surface area contributed by atoms with Crippen molar-refractivity contribution in [2.75, 3.05) is 11.9 Å². The molecule has 0 saturated carbocycles. The number of para-hydroxylation sites is 1. The number of aromatic nitrogens is 4. The van der Waals surface area contributed by atoms with E-state index in [0.717, 1.165) is 16.8 Å². The third kappa shape index (κ3) is 3.21. The molecule has 1 saturated heterocycles. The van der Waals surface area contributed by atoms with Crippen LogP contribution in [0.5, 0.6) is 0 Å². The minimum absolute atomic E-state index is 0.0861. The van der Waals surface area contributed by atoms with Gasteiger partial charge in [-0.25, -0.2) is 4.98 Å². The lowest BCUT2D eigenvalue weighted by atomic mass is 9.73. The number of carboxylic acid groups (broad SMARTS) is 1. The molecule has 0 unspecified atom stereocenters. The molecule has 10 heteroatoms. The van der Waals surface area contributed by atoms with Gasteiger partial charge in [-0.2, -0.15) is 5.10 Å². The van der Waals surface area contributed by atoms with Gasteiger partial charge in [0.15, 0.2) is 0 Å². The van der Waals surface area contributed by atoms with E-state index in [0.29, 0.717) is 13.0 Å². The van der Waals surface area contributed by atoms with Gasteiger partial charge in [-0.1, -0.05) is 18.2 Å². The maximum Gasteiger partial charge on any atom is 0.290 e. The number of fused-ring (bicyclic) bond motifs is 2. The summed E-state index contributed by atoms with van der Waals surface area (Å²) in [5, 5.41) is 14.2. The van der Waals surface area contributed by atoms with E-state index in [4.69, 9.17) is 9.90 Å². The number of benzene rings is 1. The fourth-order valence-corrected chi connectivity index (χ4v) is 4.51. The zero-order valence-corrected chi connectivity index (χ0v) is 16.7. The first kappa shape index (κ1) is 20.2. The summed E-state index contributed by atoms with van der Waals surface area (Å²) in [5.74, 6) is -0.326. The Balaban J connectivity index is 0.000000730. The van der Waals surface area contributed by atoms with Crippen LogP contribution in [-0.2, 0) is 22.1 Å². The minimum atomic E-state index is -0.850. The lowest BCUT2D eigenvalue weighted by Crippen LogP contribution is -2.42. The third-order valence-corrected chi connectivity index (χ3v) is 5.67. The molecule has 10 nitrogen and oxygen atoms in total. The lowest BCUT2D eigenvalue weighted by Gasteiger charge is -2.33. The number of likely N-dealkylation sites (tertiary alicyclic amines) is 1. The van der Waals surface area contributed by atoms with Crippen LogP contribution >= 0.6 is 0 Å². The van der Waals surface area contributed by atoms with Crippen LogP contribution < -0.4 is 5.32 Å². The average molecular weight is 420 g/mol. The molecule has 2 amide bonds. The van der Waals surface area contributed by atoms with E-state index in [1.54, 1.807) is 15.8 Å². The molecule has 2 atom stereocenters. The molecule has 4 heterocycles.